The van der Waals surface area contributed by atoms with Crippen LogP contribution in [0.5, 0.6) is 11.5 Å². The molecule has 26 heavy (non-hydrogen) atoms. The fourth-order valence-electron chi connectivity index (χ4n) is 2.16. The summed E-state index contributed by atoms with van der Waals surface area (Å²) < 4.78 is 46.4. The maximum absolute atomic E-state index is 14.2. The van der Waals surface area contributed by atoms with Crippen LogP contribution < -0.4 is 9.46 Å². The molecule has 2 rings (SSSR count). The van der Waals surface area contributed by atoms with E-state index in [1.54, 1.807) is 0 Å². The predicted molar refractivity (Wildman–Crippen MR) is 97.1 cm³/mol. The molecule has 7 nitrogen and oxygen atoms in total. The zero-order valence-corrected chi connectivity index (χ0v) is 16.5. The molecule has 1 aromatic heterocycles. The number of furan rings is 1. The molecular weight excluding hydrogens is 457 g/mol. The number of benzene rings is 1. The van der Waals surface area contributed by atoms with Crippen LogP contribution in [0.1, 0.15) is 23.9 Å². The lowest BCUT2D eigenvalue weighted by molar-refractivity contribution is -0.132. The lowest BCUT2D eigenvalue weighted by atomic mass is 10.1. The summed E-state index contributed by atoms with van der Waals surface area (Å²) >= 11 is 7.10. The van der Waals surface area contributed by atoms with Gasteiger partial charge in [0.05, 0.1) is 15.4 Å². The minimum absolute atomic E-state index is 0.00144. The molecule has 2 unspecified atom stereocenters. The Labute approximate surface area is 164 Å². The van der Waals surface area contributed by atoms with E-state index >= 15 is 0 Å². The molecule has 2 aromatic rings. The molecule has 0 radical (unpaired) electrons. The molecule has 3 N–H and O–H groups in total. The fourth-order valence-corrected chi connectivity index (χ4v) is 3.23. The molecule has 0 amide bonds. The Morgan fingerprint density at radius 2 is 2.23 bits per heavy atom. The lowest BCUT2D eigenvalue weighted by Crippen LogP contribution is -2.18. The summed E-state index contributed by atoms with van der Waals surface area (Å²) in [6.45, 7) is 1.24. The standard InChI is InChI=1S/C15H14BrClFNO6S/c1-7(20)24-15-12(21)14(11-9(17)3-2-4-10(11)18)25-13(15)8(16)5-6-19-26(22)23/h2-4,8,19,21H,5-6H2,1H3,(H,22,23). The van der Waals surface area contributed by atoms with Gasteiger partial charge in [-0.15, -0.1) is 0 Å². The molecule has 0 aliphatic rings. The number of hydrogen-bond donors (Lipinski definition) is 3. The van der Waals surface area contributed by atoms with E-state index in [9.17, 15) is 18.5 Å². The topological polar surface area (TPSA) is 109 Å². The first-order chi connectivity index (χ1) is 12.2. The number of halogens is 3. The van der Waals surface area contributed by atoms with E-state index in [2.05, 4.69) is 20.7 Å². The smallest absolute Gasteiger partial charge is 0.308 e. The minimum Gasteiger partial charge on any atom is -0.502 e. The second-order valence-corrected chi connectivity index (χ2v) is 7.36. The zero-order valence-electron chi connectivity index (χ0n) is 13.3. The van der Waals surface area contributed by atoms with E-state index in [0.29, 0.717) is 0 Å². The fraction of sp³-hybridized carbons (Fsp3) is 0.267. The number of carbonyl (C=O) groups excluding carboxylic acids is 1. The van der Waals surface area contributed by atoms with Crippen LogP contribution in [0.3, 0.4) is 0 Å². The number of alkyl halides is 1. The molecule has 2 atom stereocenters. The molecule has 0 aliphatic carbocycles. The van der Waals surface area contributed by atoms with Crippen molar-refractivity contribution in [2.45, 2.75) is 18.2 Å². The summed E-state index contributed by atoms with van der Waals surface area (Å²) in [5.74, 6) is -2.59. The Kier molecular flexibility index (Phi) is 7.18. The van der Waals surface area contributed by atoms with Crippen molar-refractivity contribution in [3.63, 3.8) is 0 Å². The minimum atomic E-state index is -2.19. The number of aromatic hydroxyl groups is 1. The van der Waals surface area contributed by atoms with Crippen LogP contribution in [0.15, 0.2) is 22.6 Å². The SMILES string of the molecule is CC(=O)Oc1c(C(Br)CCNS(=O)O)oc(-c2c(F)cccc2Cl)c1O. The van der Waals surface area contributed by atoms with Crippen LogP contribution in [0, 0.1) is 5.82 Å². The Morgan fingerprint density at radius 1 is 1.54 bits per heavy atom. The second-order valence-electron chi connectivity index (χ2n) is 5.06. The monoisotopic (exact) mass is 469 g/mol. The van der Waals surface area contributed by atoms with Gasteiger partial charge in [-0.25, -0.2) is 13.3 Å². The average molecular weight is 471 g/mol. The normalized spacial score (nSPS) is 13.4. The zero-order chi connectivity index (χ0) is 19.4. The van der Waals surface area contributed by atoms with Crippen molar-refractivity contribution in [3.05, 3.63) is 34.8 Å². The van der Waals surface area contributed by atoms with Gasteiger partial charge in [-0.2, -0.15) is 0 Å². The van der Waals surface area contributed by atoms with E-state index in [1.807, 2.05) is 0 Å². The number of nitrogens with one attached hydrogen (secondary N) is 1. The first-order valence-electron chi connectivity index (χ1n) is 7.19. The molecule has 11 heteroatoms. The first kappa shape index (κ1) is 20.8. The van der Waals surface area contributed by atoms with Gasteiger partial charge >= 0.3 is 5.97 Å². The summed E-state index contributed by atoms with van der Waals surface area (Å²) in [7, 11) is 0. The molecule has 1 aromatic carbocycles. The summed E-state index contributed by atoms with van der Waals surface area (Å²) in [5, 5.41) is 10.4. The van der Waals surface area contributed by atoms with Gasteiger partial charge in [0.15, 0.2) is 11.5 Å². The third-order valence-electron chi connectivity index (χ3n) is 3.21. The average Bonchev–Trinajstić information content (AvgIpc) is 2.84. The van der Waals surface area contributed by atoms with Crippen molar-refractivity contribution >= 4 is 44.8 Å². The van der Waals surface area contributed by atoms with Crippen LogP contribution >= 0.6 is 27.5 Å². The van der Waals surface area contributed by atoms with Gasteiger partial charge in [0, 0.05) is 13.5 Å². The van der Waals surface area contributed by atoms with Crippen LogP contribution in [0.4, 0.5) is 4.39 Å². The van der Waals surface area contributed by atoms with Crippen LogP contribution in [0.25, 0.3) is 11.3 Å². The Bertz CT molecular complexity index is 826. The van der Waals surface area contributed by atoms with E-state index in [1.165, 1.54) is 12.1 Å². The quantitative estimate of drug-likeness (QED) is 0.321. The number of carbonyl (C=O) groups is 1. The van der Waals surface area contributed by atoms with Crippen molar-refractivity contribution in [1.29, 1.82) is 0 Å². The summed E-state index contributed by atoms with van der Waals surface area (Å²) in [6, 6.07) is 3.95. The maximum atomic E-state index is 14.2. The lowest BCUT2D eigenvalue weighted by Gasteiger charge is -2.08. The molecular formula is C15H14BrClFNO6S. The largest absolute Gasteiger partial charge is 0.502 e. The van der Waals surface area contributed by atoms with Gasteiger partial charge < -0.3 is 14.3 Å². The van der Waals surface area contributed by atoms with Crippen molar-refractivity contribution in [2.24, 2.45) is 0 Å². The summed E-state index contributed by atoms with van der Waals surface area (Å²) in [6.07, 6.45) is 0.234. The van der Waals surface area contributed by atoms with Gasteiger partial charge in [-0.05, 0) is 18.6 Å². The highest BCUT2D eigenvalue weighted by atomic mass is 79.9. The van der Waals surface area contributed by atoms with Crippen LogP contribution in [-0.4, -0.2) is 26.4 Å². The molecule has 142 valence electrons. The summed E-state index contributed by atoms with van der Waals surface area (Å²) in [4.78, 5) is 10.7. The highest BCUT2D eigenvalue weighted by Gasteiger charge is 2.30. The third-order valence-corrected chi connectivity index (χ3v) is 4.85. The van der Waals surface area contributed by atoms with E-state index in [4.69, 9.17) is 25.3 Å². The van der Waals surface area contributed by atoms with Crippen molar-refractivity contribution in [3.8, 4) is 22.8 Å². The van der Waals surface area contributed by atoms with E-state index in [-0.39, 0.29) is 40.8 Å². The Balaban J connectivity index is 2.47. The van der Waals surface area contributed by atoms with E-state index < -0.39 is 33.6 Å². The van der Waals surface area contributed by atoms with Gasteiger partial charge in [0.2, 0.25) is 22.8 Å². The molecule has 0 spiro atoms. The number of rotatable bonds is 7. The molecule has 0 saturated heterocycles. The van der Waals surface area contributed by atoms with Crippen molar-refractivity contribution < 1.29 is 32.2 Å². The van der Waals surface area contributed by atoms with Gasteiger partial charge in [0.25, 0.3) is 0 Å². The van der Waals surface area contributed by atoms with Crippen LogP contribution in [0.2, 0.25) is 5.02 Å². The number of hydrogen-bond acceptors (Lipinski definition) is 5. The van der Waals surface area contributed by atoms with Gasteiger partial charge in [-0.1, -0.05) is 33.6 Å². The summed E-state index contributed by atoms with van der Waals surface area (Å²) in [5.41, 5.74) is -0.180. The molecule has 0 bridgehead atoms. The van der Waals surface area contributed by atoms with Gasteiger partial charge in [0.1, 0.15) is 5.82 Å². The third kappa shape index (κ3) is 4.83. The number of ether oxygens (including phenoxy) is 1. The number of esters is 1. The van der Waals surface area contributed by atoms with Gasteiger partial charge in [-0.3, -0.25) is 9.35 Å². The van der Waals surface area contributed by atoms with Crippen molar-refractivity contribution in [2.75, 3.05) is 6.54 Å². The molecule has 0 aliphatic heterocycles. The molecule has 1 heterocycles. The van der Waals surface area contributed by atoms with E-state index in [0.717, 1.165) is 13.0 Å². The Morgan fingerprint density at radius 3 is 2.81 bits per heavy atom. The predicted octanol–water partition coefficient (Wildman–Crippen LogP) is 3.92. The second kappa shape index (κ2) is 8.96. The van der Waals surface area contributed by atoms with Crippen molar-refractivity contribution in [1.82, 2.24) is 4.72 Å². The highest BCUT2D eigenvalue weighted by Crippen LogP contribution is 2.49. The highest BCUT2D eigenvalue weighted by molar-refractivity contribution is 9.09. The molecule has 0 saturated carbocycles. The van der Waals surface area contributed by atoms with Crippen LogP contribution in [-0.2, 0) is 16.1 Å². The maximum Gasteiger partial charge on any atom is 0.308 e. The Hall–Kier alpha value is -1.46. The first-order valence-corrected chi connectivity index (χ1v) is 9.59. The molecule has 0 fully saturated rings.